The van der Waals surface area contributed by atoms with E-state index < -0.39 is 0 Å². The average Bonchev–Trinajstić information content (AvgIpc) is 2.59. The van der Waals surface area contributed by atoms with Crippen molar-refractivity contribution in [2.75, 3.05) is 25.0 Å². The van der Waals surface area contributed by atoms with Crippen molar-refractivity contribution in [3.8, 4) is 0 Å². The number of piperidine rings is 1. The van der Waals surface area contributed by atoms with Crippen LogP contribution in [-0.4, -0.2) is 31.1 Å². The first-order chi connectivity index (χ1) is 11.7. The van der Waals surface area contributed by atoms with Gasteiger partial charge in [-0.25, -0.2) is 0 Å². The third-order valence-electron chi connectivity index (χ3n) is 5.20. The van der Waals surface area contributed by atoms with E-state index in [-0.39, 0.29) is 12.4 Å². The Labute approximate surface area is 165 Å². The van der Waals surface area contributed by atoms with Gasteiger partial charge in [-0.2, -0.15) is 0 Å². The number of anilines is 2. The highest BCUT2D eigenvalue weighted by Crippen LogP contribution is 2.48. The normalized spacial score (nSPS) is 19.8. The molecule has 0 bridgehead atoms. The van der Waals surface area contributed by atoms with Crippen LogP contribution in [0.15, 0.2) is 52.3 Å². The van der Waals surface area contributed by atoms with Gasteiger partial charge in [-0.3, -0.25) is 0 Å². The molecule has 1 atom stereocenters. The van der Waals surface area contributed by atoms with Crippen LogP contribution in [0.4, 0.5) is 11.4 Å². The van der Waals surface area contributed by atoms with Gasteiger partial charge in [-0.1, -0.05) is 41.9 Å². The lowest BCUT2D eigenvalue weighted by molar-refractivity contribution is 0.178. The Kier molecular flexibility index (Phi) is 6.21. The van der Waals surface area contributed by atoms with Gasteiger partial charge in [0.1, 0.15) is 0 Å². The predicted octanol–water partition coefficient (Wildman–Crippen LogP) is 6.24. The second-order valence-electron chi connectivity index (χ2n) is 6.75. The smallest absolute Gasteiger partial charge is 0.0553 e. The average molecular weight is 395 g/mol. The van der Waals surface area contributed by atoms with Gasteiger partial charge in [0.05, 0.1) is 11.4 Å². The van der Waals surface area contributed by atoms with Crippen molar-refractivity contribution in [3.63, 3.8) is 0 Å². The molecule has 134 valence electrons. The second-order valence-corrected chi connectivity index (χ2v) is 8.27. The number of hydrogen-bond acceptors (Lipinski definition) is 3. The lowest BCUT2D eigenvalue weighted by Gasteiger charge is -2.37. The van der Waals surface area contributed by atoms with Crippen LogP contribution < -0.4 is 4.90 Å². The molecule has 2 nitrogen and oxygen atoms in total. The van der Waals surface area contributed by atoms with E-state index in [0.717, 1.165) is 11.6 Å². The number of halogens is 2. The number of nitrogens with zero attached hydrogens (tertiary/aromatic N) is 2. The van der Waals surface area contributed by atoms with E-state index in [2.05, 4.69) is 53.2 Å². The molecule has 2 aliphatic heterocycles. The molecule has 2 aromatic carbocycles. The number of para-hydroxylation sites is 1. The van der Waals surface area contributed by atoms with Gasteiger partial charge in [0.25, 0.3) is 0 Å². The summed E-state index contributed by atoms with van der Waals surface area (Å²) in [6, 6.07) is 15.7. The maximum Gasteiger partial charge on any atom is 0.0553 e. The second kappa shape index (κ2) is 8.22. The topological polar surface area (TPSA) is 6.48 Å². The van der Waals surface area contributed by atoms with Gasteiger partial charge < -0.3 is 9.80 Å². The van der Waals surface area contributed by atoms with Crippen molar-refractivity contribution in [1.82, 2.24) is 4.90 Å². The van der Waals surface area contributed by atoms with Crippen LogP contribution in [0.2, 0.25) is 5.02 Å². The minimum atomic E-state index is 0. The molecule has 0 radical (unpaired) electrons. The summed E-state index contributed by atoms with van der Waals surface area (Å²) in [6.07, 6.45) is 5.25. The summed E-state index contributed by atoms with van der Waals surface area (Å²) in [5.41, 5.74) is 2.62. The Morgan fingerprint density at radius 1 is 1.08 bits per heavy atom. The minimum absolute atomic E-state index is 0. The summed E-state index contributed by atoms with van der Waals surface area (Å²) in [5, 5.41) is 0.813. The lowest BCUT2D eigenvalue weighted by atomic mass is 9.99. The van der Waals surface area contributed by atoms with Crippen LogP contribution in [0.5, 0.6) is 0 Å². The van der Waals surface area contributed by atoms with Crippen LogP contribution in [0, 0.1) is 0 Å². The molecule has 1 saturated heterocycles. The molecule has 0 aliphatic carbocycles. The standard InChI is InChI=1S/C20H23ClN2S.ClH/c1-22-12-5-4-6-16(22)11-13-23-17-7-2-3-8-19(17)24-20-14-15(21)9-10-18(20)23;/h2-3,7-10,14,16H,4-6,11-13H2,1H3;1H. The Morgan fingerprint density at radius 3 is 2.72 bits per heavy atom. The van der Waals surface area contributed by atoms with E-state index >= 15 is 0 Å². The van der Waals surface area contributed by atoms with E-state index in [9.17, 15) is 0 Å². The molecule has 4 rings (SSSR count). The SMILES string of the molecule is CN1CCCCC1CCN1c2ccccc2Sc2cc(Cl)ccc21.Cl. The maximum atomic E-state index is 6.23. The largest absolute Gasteiger partial charge is 0.340 e. The van der Waals surface area contributed by atoms with E-state index in [1.165, 1.54) is 53.4 Å². The molecule has 2 aromatic rings. The minimum Gasteiger partial charge on any atom is -0.340 e. The number of rotatable bonds is 3. The summed E-state index contributed by atoms with van der Waals surface area (Å²) in [4.78, 5) is 7.61. The van der Waals surface area contributed by atoms with Gasteiger partial charge >= 0.3 is 0 Å². The zero-order valence-corrected chi connectivity index (χ0v) is 16.8. The number of likely N-dealkylation sites (tertiary alicyclic amines) is 1. The third kappa shape index (κ3) is 3.95. The summed E-state index contributed by atoms with van der Waals surface area (Å²) in [5.74, 6) is 0. The molecule has 2 aliphatic rings. The van der Waals surface area contributed by atoms with E-state index in [4.69, 9.17) is 11.6 Å². The van der Waals surface area contributed by atoms with Crippen LogP contribution in [0.1, 0.15) is 25.7 Å². The fraction of sp³-hybridized carbons (Fsp3) is 0.400. The van der Waals surface area contributed by atoms with Crippen LogP contribution in [0.25, 0.3) is 0 Å². The van der Waals surface area contributed by atoms with E-state index in [0.29, 0.717) is 6.04 Å². The summed E-state index contributed by atoms with van der Waals surface area (Å²) >= 11 is 8.06. The third-order valence-corrected chi connectivity index (χ3v) is 6.54. The summed E-state index contributed by atoms with van der Waals surface area (Å²) in [7, 11) is 2.28. The molecule has 0 aromatic heterocycles. The zero-order chi connectivity index (χ0) is 16.5. The molecule has 1 unspecified atom stereocenters. The van der Waals surface area contributed by atoms with Crippen molar-refractivity contribution >= 4 is 47.1 Å². The summed E-state index contributed by atoms with van der Waals surface area (Å²) < 4.78 is 0. The molecule has 0 spiro atoms. The lowest BCUT2D eigenvalue weighted by Crippen LogP contribution is -2.38. The summed E-state index contributed by atoms with van der Waals surface area (Å²) in [6.45, 7) is 2.30. The van der Waals surface area contributed by atoms with Gasteiger partial charge in [0.2, 0.25) is 0 Å². The molecule has 2 heterocycles. The highest BCUT2D eigenvalue weighted by Gasteiger charge is 2.25. The van der Waals surface area contributed by atoms with Gasteiger partial charge in [0, 0.05) is 27.4 Å². The zero-order valence-electron chi connectivity index (χ0n) is 14.5. The van der Waals surface area contributed by atoms with Crippen molar-refractivity contribution < 1.29 is 0 Å². The quantitative estimate of drug-likeness (QED) is 0.608. The highest BCUT2D eigenvalue weighted by atomic mass is 35.5. The molecule has 25 heavy (non-hydrogen) atoms. The molecular weight excluding hydrogens is 371 g/mol. The van der Waals surface area contributed by atoms with Gasteiger partial charge in [-0.15, -0.1) is 12.4 Å². The van der Waals surface area contributed by atoms with Crippen molar-refractivity contribution in [3.05, 3.63) is 47.5 Å². The fourth-order valence-electron chi connectivity index (χ4n) is 3.84. The molecule has 5 heteroatoms. The van der Waals surface area contributed by atoms with E-state index in [1.807, 2.05) is 17.8 Å². The molecule has 0 N–H and O–H groups in total. The fourth-order valence-corrected chi connectivity index (χ4v) is 5.21. The van der Waals surface area contributed by atoms with Gasteiger partial charge in [-0.05, 0) is 63.2 Å². The van der Waals surface area contributed by atoms with Gasteiger partial charge in [0.15, 0.2) is 0 Å². The Bertz CT molecular complexity index is 737. The number of benzene rings is 2. The van der Waals surface area contributed by atoms with Crippen molar-refractivity contribution in [2.24, 2.45) is 0 Å². The van der Waals surface area contributed by atoms with Crippen LogP contribution >= 0.6 is 35.8 Å². The Morgan fingerprint density at radius 2 is 1.88 bits per heavy atom. The van der Waals surface area contributed by atoms with Crippen LogP contribution in [-0.2, 0) is 0 Å². The monoisotopic (exact) mass is 394 g/mol. The first-order valence-corrected chi connectivity index (χ1v) is 9.96. The van der Waals surface area contributed by atoms with Crippen molar-refractivity contribution in [2.45, 2.75) is 41.5 Å². The van der Waals surface area contributed by atoms with E-state index in [1.54, 1.807) is 0 Å². The first-order valence-electron chi connectivity index (χ1n) is 8.76. The maximum absolute atomic E-state index is 6.23. The molecule has 0 amide bonds. The molecular formula is C20H24Cl2N2S. The first kappa shape index (κ1) is 18.9. The number of hydrogen-bond donors (Lipinski definition) is 0. The molecule has 1 fully saturated rings. The van der Waals surface area contributed by atoms with Crippen LogP contribution in [0.3, 0.4) is 0 Å². The predicted molar refractivity (Wildman–Crippen MR) is 111 cm³/mol. The highest BCUT2D eigenvalue weighted by molar-refractivity contribution is 7.99. The molecule has 0 saturated carbocycles. The Hall–Kier alpha value is -0.870. The Balaban J connectivity index is 0.00000182. The number of fused-ring (bicyclic) bond motifs is 2. The van der Waals surface area contributed by atoms with Crippen molar-refractivity contribution in [1.29, 1.82) is 0 Å².